The molecule has 0 atom stereocenters. The molecule has 1 heterocycles. The van der Waals surface area contributed by atoms with Gasteiger partial charge in [0.2, 0.25) is 0 Å². The molecule has 2 N–H and O–H groups in total. The van der Waals surface area contributed by atoms with E-state index in [9.17, 15) is 24.6 Å². The monoisotopic (exact) mass is 360 g/mol. The van der Waals surface area contributed by atoms with Crippen LogP contribution in [0.5, 0.6) is 5.75 Å². The second-order valence-electron chi connectivity index (χ2n) is 5.98. The zero-order valence-electron chi connectivity index (χ0n) is 13.8. The first-order valence-corrected chi connectivity index (χ1v) is 8.01. The van der Waals surface area contributed by atoms with E-state index in [1.807, 2.05) is 0 Å². The minimum Gasteiger partial charge on any atom is -0.507 e. The molecular weight excluding hydrogens is 348 g/mol. The van der Waals surface area contributed by atoms with Crippen LogP contribution in [-0.4, -0.2) is 22.5 Å². The van der Waals surface area contributed by atoms with Crippen LogP contribution >= 0.6 is 0 Å². The molecule has 0 aromatic heterocycles. The van der Waals surface area contributed by atoms with Crippen LogP contribution in [0, 0.1) is 0 Å². The SMILES string of the molecule is O=Cc1c(O)ccc2c(-c3ccccc3C(=O)O)c3ccc(=O)cc-3oc12. The molecule has 1 aliphatic heterocycles. The number of phenolic OH excluding ortho intramolecular Hbond substituents is 1. The lowest BCUT2D eigenvalue weighted by Gasteiger charge is -2.17. The van der Waals surface area contributed by atoms with Crippen molar-refractivity contribution < 1.29 is 24.2 Å². The zero-order valence-corrected chi connectivity index (χ0v) is 13.8. The van der Waals surface area contributed by atoms with Gasteiger partial charge in [-0.1, -0.05) is 18.2 Å². The molecule has 0 saturated carbocycles. The lowest BCUT2D eigenvalue weighted by molar-refractivity contribution is 0.0697. The molecule has 0 fully saturated rings. The van der Waals surface area contributed by atoms with Crippen molar-refractivity contribution in [1.82, 2.24) is 0 Å². The Morgan fingerprint density at radius 3 is 2.52 bits per heavy atom. The van der Waals surface area contributed by atoms with Gasteiger partial charge in [-0.25, -0.2) is 4.79 Å². The number of hydrogen-bond acceptors (Lipinski definition) is 5. The van der Waals surface area contributed by atoms with Crippen molar-refractivity contribution in [2.45, 2.75) is 0 Å². The fourth-order valence-electron chi connectivity index (χ4n) is 3.24. The highest BCUT2D eigenvalue weighted by atomic mass is 16.4. The summed E-state index contributed by atoms with van der Waals surface area (Å²) in [7, 11) is 0. The highest BCUT2D eigenvalue weighted by molar-refractivity contribution is 6.10. The maximum absolute atomic E-state index is 11.8. The Kier molecular flexibility index (Phi) is 3.74. The van der Waals surface area contributed by atoms with Crippen LogP contribution in [0.4, 0.5) is 0 Å². The van der Waals surface area contributed by atoms with E-state index >= 15 is 0 Å². The van der Waals surface area contributed by atoms with Gasteiger partial charge in [0.05, 0.1) is 11.1 Å². The van der Waals surface area contributed by atoms with Crippen LogP contribution in [0.15, 0.2) is 63.8 Å². The maximum atomic E-state index is 11.8. The van der Waals surface area contributed by atoms with Gasteiger partial charge in [0.25, 0.3) is 0 Å². The molecule has 2 aliphatic rings. The van der Waals surface area contributed by atoms with Crippen molar-refractivity contribution >= 4 is 23.2 Å². The number of carboxylic acid groups (broad SMARTS) is 1. The Morgan fingerprint density at radius 1 is 1.00 bits per heavy atom. The largest absolute Gasteiger partial charge is 0.507 e. The van der Waals surface area contributed by atoms with Gasteiger partial charge in [0, 0.05) is 22.6 Å². The lowest BCUT2D eigenvalue weighted by Crippen LogP contribution is -2.03. The molecule has 0 saturated heterocycles. The van der Waals surface area contributed by atoms with E-state index in [4.69, 9.17) is 4.42 Å². The molecule has 0 unspecified atom stereocenters. The summed E-state index contributed by atoms with van der Waals surface area (Å²) in [5, 5.41) is 20.0. The van der Waals surface area contributed by atoms with Gasteiger partial charge in [0.1, 0.15) is 17.1 Å². The average molecular weight is 360 g/mol. The summed E-state index contributed by atoms with van der Waals surface area (Å²) >= 11 is 0. The Morgan fingerprint density at radius 2 is 1.78 bits per heavy atom. The quantitative estimate of drug-likeness (QED) is 0.425. The maximum Gasteiger partial charge on any atom is 0.336 e. The summed E-state index contributed by atoms with van der Waals surface area (Å²) in [5.74, 6) is -1.18. The van der Waals surface area contributed by atoms with E-state index in [-0.39, 0.29) is 33.6 Å². The molecule has 4 rings (SSSR count). The van der Waals surface area contributed by atoms with Crippen molar-refractivity contribution in [3.05, 3.63) is 75.9 Å². The van der Waals surface area contributed by atoms with E-state index < -0.39 is 5.97 Å². The van der Waals surface area contributed by atoms with Crippen LogP contribution in [0.1, 0.15) is 20.7 Å². The number of carbonyl (C=O) groups is 2. The number of aromatic carboxylic acids is 1. The second kappa shape index (κ2) is 6.10. The molecule has 1 aliphatic carbocycles. The van der Waals surface area contributed by atoms with Crippen molar-refractivity contribution in [3.8, 4) is 28.2 Å². The molecule has 27 heavy (non-hydrogen) atoms. The van der Waals surface area contributed by atoms with Crippen LogP contribution in [-0.2, 0) is 0 Å². The molecule has 0 amide bonds. The second-order valence-corrected chi connectivity index (χ2v) is 5.98. The van der Waals surface area contributed by atoms with Gasteiger partial charge in [-0.05, 0) is 35.9 Å². The van der Waals surface area contributed by atoms with E-state index in [0.717, 1.165) is 0 Å². The third-order valence-corrected chi connectivity index (χ3v) is 4.42. The van der Waals surface area contributed by atoms with Crippen molar-refractivity contribution in [2.24, 2.45) is 0 Å². The normalized spacial score (nSPS) is 11.0. The number of rotatable bonds is 3. The molecule has 0 radical (unpaired) electrons. The standard InChI is InChI=1S/C21H12O6/c22-10-16-17(24)8-7-15-19(12-3-1-2-4-13(12)21(25)26)14-6-5-11(23)9-18(14)27-20(15)16/h1-10,24H,(H,25,26). The summed E-state index contributed by atoms with van der Waals surface area (Å²) in [5.41, 5.74) is 1.23. The van der Waals surface area contributed by atoms with Crippen LogP contribution in [0.25, 0.3) is 33.4 Å². The fraction of sp³-hybridized carbons (Fsp3) is 0. The molecule has 6 nitrogen and oxygen atoms in total. The number of aromatic hydroxyl groups is 1. The molecule has 132 valence electrons. The first kappa shape index (κ1) is 16.5. The zero-order chi connectivity index (χ0) is 19.1. The summed E-state index contributed by atoms with van der Waals surface area (Å²) in [6.07, 6.45) is 0.459. The number of fused-ring (bicyclic) bond motifs is 2. The Hall–Kier alpha value is -3.93. The smallest absolute Gasteiger partial charge is 0.336 e. The van der Waals surface area contributed by atoms with Crippen LogP contribution in [0.2, 0.25) is 0 Å². The van der Waals surface area contributed by atoms with Crippen molar-refractivity contribution in [2.75, 3.05) is 0 Å². The molecule has 0 spiro atoms. The molecular formula is C21H12O6. The summed E-state index contributed by atoms with van der Waals surface area (Å²) in [4.78, 5) is 35.0. The average Bonchev–Trinajstić information content (AvgIpc) is 2.66. The number of hydrogen-bond donors (Lipinski definition) is 2. The molecule has 2 aromatic rings. The molecule has 0 bridgehead atoms. The molecule has 2 aromatic carbocycles. The van der Waals surface area contributed by atoms with E-state index in [0.29, 0.717) is 28.4 Å². The third-order valence-electron chi connectivity index (χ3n) is 4.42. The van der Waals surface area contributed by atoms with Gasteiger partial charge in [-0.15, -0.1) is 0 Å². The summed E-state index contributed by atoms with van der Waals surface area (Å²) in [6, 6.07) is 13.5. The number of aldehydes is 1. The first-order valence-electron chi connectivity index (χ1n) is 8.01. The highest BCUT2D eigenvalue weighted by Crippen LogP contribution is 2.43. The topological polar surface area (TPSA) is 105 Å². The highest BCUT2D eigenvalue weighted by Gasteiger charge is 2.23. The minimum absolute atomic E-state index is 0.0678. The van der Waals surface area contributed by atoms with Gasteiger partial charge >= 0.3 is 5.97 Å². The van der Waals surface area contributed by atoms with Crippen molar-refractivity contribution in [1.29, 1.82) is 0 Å². The Labute approximate surface area is 152 Å². The predicted molar refractivity (Wildman–Crippen MR) is 98.6 cm³/mol. The van der Waals surface area contributed by atoms with Gasteiger partial charge in [-0.2, -0.15) is 0 Å². The fourth-order valence-corrected chi connectivity index (χ4v) is 3.24. The number of carbonyl (C=O) groups excluding carboxylic acids is 1. The molecule has 6 heteroatoms. The van der Waals surface area contributed by atoms with E-state index in [2.05, 4.69) is 0 Å². The number of benzene rings is 3. The first-order chi connectivity index (χ1) is 13.0. The van der Waals surface area contributed by atoms with Gasteiger partial charge in [-0.3, -0.25) is 9.59 Å². The third kappa shape index (κ3) is 2.55. The Bertz CT molecular complexity index is 1250. The van der Waals surface area contributed by atoms with Crippen LogP contribution in [0.3, 0.4) is 0 Å². The van der Waals surface area contributed by atoms with Crippen molar-refractivity contribution in [3.63, 3.8) is 0 Å². The van der Waals surface area contributed by atoms with E-state index in [1.54, 1.807) is 30.3 Å². The van der Waals surface area contributed by atoms with E-state index in [1.165, 1.54) is 24.3 Å². The summed E-state index contributed by atoms with van der Waals surface area (Å²) < 4.78 is 5.75. The Balaban J connectivity index is 2.27. The lowest BCUT2D eigenvalue weighted by atomic mass is 9.90. The van der Waals surface area contributed by atoms with Gasteiger partial charge < -0.3 is 14.6 Å². The minimum atomic E-state index is -1.11. The predicted octanol–water partition coefficient (Wildman–Crippen LogP) is 3.78. The van der Waals surface area contributed by atoms with Crippen LogP contribution < -0.4 is 5.43 Å². The number of phenols is 1. The summed E-state index contributed by atoms with van der Waals surface area (Å²) in [6.45, 7) is 0. The van der Waals surface area contributed by atoms with Gasteiger partial charge in [0.15, 0.2) is 11.7 Å². The number of carboxylic acids is 1.